The molecular formula is C12H9ClF2N6O. The Hall–Kier alpha value is -2.55. The molecule has 0 radical (unpaired) electrons. The summed E-state index contributed by atoms with van der Waals surface area (Å²) in [4.78, 5) is 7.38. The van der Waals surface area contributed by atoms with Gasteiger partial charge in [-0.3, -0.25) is 0 Å². The van der Waals surface area contributed by atoms with Crippen LogP contribution in [0.15, 0.2) is 35.1 Å². The summed E-state index contributed by atoms with van der Waals surface area (Å²) in [6, 6.07) is 6.88. The SMILES string of the molecule is Nc1ncnn1Cc1ccc(-c2noc(C(F)(F)Cl)n2)cc1. The number of rotatable bonds is 4. The van der Waals surface area contributed by atoms with Crippen molar-refractivity contribution in [3.05, 3.63) is 42.0 Å². The minimum Gasteiger partial charge on any atom is -0.368 e. The average molecular weight is 327 g/mol. The third kappa shape index (κ3) is 2.89. The minimum absolute atomic E-state index is 0.0298. The first kappa shape index (κ1) is 14.4. The molecule has 0 aliphatic heterocycles. The molecule has 0 amide bonds. The average Bonchev–Trinajstić information content (AvgIpc) is 3.09. The van der Waals surface area contributed by atoms with Crippen LogP contribution < -0.4 is 5.73 Å². The number of alkyl halides is 3. The van der Waals surface area contributed by atoms with E-state index in [0.29, 0.717) is 18.1 Å². The standard InChI is InChI=1S/C12H9ClF2N6O/c13-12(14,15)10-19-9(20-22-10)8-3-1-7(2-4-8)5-21-11(16)17-6-18-21/h1-4,6H,5H2,(H2,16,17,18). The van der Waals surface area contributed by atoms with Crippen LogP contribution in [0.25, 0.3) is 11.4 Å². The van der Waals surface area contributed by atoms with Gasteiger partial charge in [-0.15, -0.1) is 0 Å². The van der Waals surface area contributed by atoms with Gasteiger partial charge in [0.15, 0.2) is 0 Å². The quantitative estimate of drug-likeness (QED) is 0.739. The Balaban J connectivity index is 1.79. The van der Waals surface area contributed by atoms with Gasteiger partial charge < -0.3 is 10.3 Å². The molecule has 3 rings (SSSR count). The number of benzene rings is 1. The highest BCUT2D eigenvalue weighted by atomic mass is 35.5. The fraction of sp³-hybridized carbons (Fsp3) is 0.167. The molecule has 0 aliphatic carbocycles. The second kappa shape index (κ2) is 5.34. The molecule has 2 heterocycles. The maximum Gasteiger partial charge on any atom is 0.400 e. The summed E-state index contributed by atoms with van der Waals surface area (Å²) in [5, 5.41) is 3.75. The van der Waals surface area contributed by atoms with E-state index in [9.17, 15) is 8.78 Å². The van der Waals surface area contributed by atoms with Crippen molar-refractivity contribution in [1.29, 1.82) is 0 Å². The van der Waals surface area contributed by atoms with Crippen LogP contribution in [0.5, 0.6) is 0 Å². The number of anilines is 1. The Morgan fingerprint density at radius 3 is 2.55 bits per heavy atom. The molecule has 0 unspecified atom stereocenters. The van der Waals surface area contributed by atoms with Gasteiger partial charge in [-0.05, 0) is 17.2 Å². The molecule has 114 valence electrons. The van der Waals surface area contributed by atoms with E-state index in [4.69, 9.17) is 17.3 Å². The lowest BCUT2D eigenvalue weighted by Crippen LogP contribution is -2.06. The Bertz CT molecular complexity index is 780. The van der Waals surface area contributed by atoms with Gasteiger partial charge in [0.25, 0.3) is 0 Å². The van der Waals surface area contributed by atoms with Gasteiger partial charge in [0.2, 0.25) is 11.8 Å². The normalized spacial score (nSPS) is 11.8. The van der Waals surface area contributed by atoms with Crippen LogP contribution in [0, 0.1) is 0 Å². The van der Waals surface area contributed by atoms with E-state index in [1.807, 2.05) is 0 Å². The molecule has 0 aliphatic rings. The second-order valence-electron chi connectivity index (χ2n) is 4.39. The smallest absolute Gasteiger partial charge is 0.368 e. The van der Waals surface area contributed by atoms with Crippen LogP contribution in [-0.4, -0.2) is 24.9 Å². The molecule has 1 aromatic carbocycles. The minimum atomic E-state index is -3.68. The van der Waals surface area contributed by atoms with Crippen molar-refractivity contribution in [2.75, 3.05) is 5.73 Å². The second-order valence-corrected chi connectivity index (χ2v) is 4.87. The maximum atomic E-state index is 12.8. The Kier molecular flexibility index (Phi) is 3.49. The number of nitrogen functional groups attached to an aromatic ring is 1. The fourth-order valence-electron chi connectivity index (χ4n) is 1.78. The molecule has 2 aromatic heterocycles. The van der Waals surface area contributed by atoms with Gasteiger partial charge in [-0.2, -0.15) is 18.9 Å². The van der Waals surface area contributed by atoms with E-state index in [2.05, 4.69) is 24.7 Å². The first-order valence-electron chi connectivity index (χ1n) is 6.07. The van der Waals surface area contributed by atoms with Crippen molar-refractivity contribution in [1.82, 2.24) is 24.9 Å². The summed E-state index contributed by atoms with van der Waals surface area (Å²) in [6.45, 7) is 0.434. The van der Waals surface area contributed by atoms with Crippen LogP contribution in [0.2, 0.25) is 0 Å². The summed E-state index contributed by atoms with van der Waals surface area (Å²) >= 11 is 4.82. The Morgan fingerprint density at radius 2 is 2.00 bits per heavy atom. The zero-order valence-electron chi connectivity index (χ0n) is 10.9. The third-order valence-electron chi connectivity index (χ3n) is 2.86. The lowest BCUT2D eigenvalue weighted by Gasteiger charge is -2.03. The fourth-order valence-corrected chi connectivity index (χ4v) is 1.86. The molecule has 0 saturated carbocycles. The van der Waals surface area contributed by atoms with Crippen molar-refractivity contribution in [2.45, 2.75) is 11.9 Å². The zero-order valence-corrected chi connectivity index (χ0v) is 11.7. The van der Waals surface area contributed by atoms with Gasteiger partial charge in [0.1, 0.15) is 6.33 Å². The van der Waals surface area contributed by atoms with E-state index >= 15 is 0 Å². The summed E-state index contributed by atoms with van der Waals surface area (Å²) in [5.41, 5.74) is 7.04. The van der Waals surface area contributed by atoms with E-state index < -0.39 is 11.3 Å². The van der Waals surface area contributed by atoms with Gasteiger partial charge in [-0.1, -0.05) is 29.4 Å². The first-order valence-corrected chi connectivity index (χ1v) is 6.45. The summed E-state index contributed by atoms with van der Waals surface area (Å²) in [5.74, 6) is -0.609. The first-order chi connectivity index (χ1) is 10.4. The van der Waals surface area contributed by atoms with Gasteiger partial charge >= 0.3 is 11.3 Å². The monoisotopic (exact) mass is 326 g/mol. The van der Waals surface area contributed by atoms with E-state index in [0.717, 1.165) is 5.56 Å². The lowest BCUT2D eigenvalue weighted by molar-refractivity contribution is 0.0551. The van der Waals surface area contributed by atoms with Crippen LogP contribution >= 0.6 is 11.6 Å². The molecule has 0 atom stereocenters. The predicted molar refractivity (Wildman–Crippen MR) is 73.0 cm³/mol. The van der Waals surface area contributed by atoms with Crippen LogP contribution in [0.4, 0.5) is 14.7 Å². The number of halogens is 3. The third-order valence-corrected chi connectivity index (χ3v) is 3.02. The number of aromatic nitrogens is 5. The van der Waals surface area contributed by atoms with E-state index in [1.165, 1.54) is 11.0 Å². The van der Waals surface area contributed by atoms with Crippen molar-refractivity contribution in [2.24, 2.45) is 0 Å². The van der Waals surface area contributed by atoms with Crippen LogP contribution in [0.1, 0.15) is 11.5 Å². The Labute approximate surface area is 127 Å². The molecule has 7 nitrogen and oxygen atoms in total. The molecule has 0 spiro atoms. The highest BCUT2D eigenvalue weighted by Gasteiger charge is 2.35. The number of hydrogen-bond acceptors (Lipinski definition) is 6. The van der Waals surface area contributed by atoms with Crippen molar-refractivity contribution in [3.8, 4) is 11.4 Å². The van der Waals surface area contributed by atoms with Crippen molar-refractivity contribution < 1.29 is 13.3 Å². The molecular weight excluding hydrogens is 318 g/mol. The summed E-state index contributed by atoms with van der Waals surface area (Å²) in [6.07, 6.45) is 1.36. The molecule has 3 aromatic rings. The lowest BCUT2D eigenvalue weighted by atomic mass is 10.1. The van der Waals surface area contributed by atoms with E-state index in [-0.39, 0.29) is 5.82 Å². The Morgan fingerprint density at radius 1 is 1.27 bits per heavy atom. The van der Waals surface area contributed by atoms with Crippen molar-refractivity contribution >= 4 is 17.5 Å². The number of nitrogens with zero attached hydrogens (tertiary/aromatic N) is 5. The van der Waals surface area contributed by atoms with Gasteiger partial charge in [-0.25, -0.2) is 9.67 Å². The highest BCUT2D eigenvalue weighted by molar-refractivity contribution is 6.21. The number of nitrogens with two attached hydrogens (primary N) is 1. The molecule has 10 heteroatoms. The van der Waals surface area contributed by atoms with Crippen LogP contribution in [-0.2, 0) is 11.9 Å². The number of hydrogen-bond donors (Lipinski definition) is 1. The largest absolute Gasteiger partial charge is 0.400 e. The van der Waals surface area contributed by atoms with Gasteiger partial charge in [0.05, 0.1) is 6.54 Å². The highest BCUT2D eigenvalue weighted by Crippen LogP contribution is 2.32. The molecule has 0 saturated heterocycles. The maximum absolute atomic E-state index is 12.8. The zero-order chi connectivity index (χ0) is 15.7. The molecule has 0 bridgehead atoms. The summed E-state index contributed by atoms with van der Waals surface area (Å²) in [7, 11) is 0. The molecule has 2 N–H and O–H groups in total. The molecule has 0 fully saturated rings. The molecule has 22 heavy (non-hydrogen) atoms. The van der Waals surface area contributed by atoms with Gasteiger partial charge in [0, 0.05) is 5.56 Å². The topological polar surface area (TPSA) is 95.7 Å². The van der Waals surface area contributed by atoms with E-state index in [1.54, 1.807) is 24.3 Å². The van der Waals surface area contributed by atoms with Crippen LogP contribution in [0.3, 0.4) is 0 Å². The predicted octanol–water partition coefficient (Wildman–Crippen LogP) is 2.25. The summed E-state index contributed by atoms with van der Waals surface area (Å²) < 4.78 is 31.6. The van der Waals surface area contributed by atoms with Crippen molar-refractivity contribution in [3.63, 3.8) is 0 Å².